The van der Waals surface area contributed by atoms with Crippen molar-refractivity contribution in [1.29, 1.82) is 0 Å². The average Bonchev–Trinajstić information content (AvgIpc) is 3.08. The zero-order valence-electron chi connectivity index (χ0n) is 15.7. The number of amides is 1. The van der Waals surface area contributed by atoms with Gasteiger partial charge in [-0.3, -0.25) is 9.59 Å². The Hall–Kier alpha value is -2.71. The second-order valence-corrected chi connectivity index (χ2v) is 8.82. The summed E-state index contributed by atoms with van der Waals surface area (Å²) in [5.74, 6) is -0.199. The van der Waals surface area contributed by atoms with E-state index in [1.165, 1.54) is 30.0 Å². The molecule has 1 atom stereocenters. The Balaban J connectivity index is 1.59. The molecule has 0 saturated heterocycles. The highest BCUT2D eigenvalue weighted by atomic mass is 32.2. The number of benzene rings is 2. The summed E-state index contributed by atoms with van der Waals surface area (Å²) in [6.07, 6.45) is 0. The van der Waals surface area contributed by atoms with E-state index in [0.29, 0.717) is 20.7 Å². The fourth-order valence-corrected chi connectivity index (χ4v) is 4.34. The molecular formula is C20H20N4O2S2. The molecule has 0 spiro atoms. The Morgan fingerprint density at radius 2 is 1.82 bits per heavy atom. The van der Waals surface area contributed by atoms with Gasteiger partial charge in [0.1, 0.15) is 0 Å². The van der Waals surface area contributed by atoms with Gasteiger partial charge in [0.2, 0.25) is 11.0 Å². The fourth-order valence-electron chi connectivity index (χ4n) is 2.42. The van der Waals surface area contributed by atoms with Crippen molar-refractivity contribution in [1.82, 2.24) is 10.2 Å². The van der Waals surface area contributed by atoms with Gasteiger partial charge in [0.25, 0.3) is 0 Å². The number of nitrogens with one attached hydrogen (secondary N) is 2. The molecule has 0 aliphatic carbocycles. The summed E-state index contributed by atoms with van der Waals surface area (Å²) in [5, 5.41) is 14.7. The minimum absolute atomic E-state index is 0.0407. The lowest BCUT2D eigenvalue weighted by molar-refractivity contribution is -0.115. The van der Waals surface area contributed by atoms with Gasteiger partial charge in [0.15, 0.2) is 10.1 Å². The first kappa shape index (κ1) is 20.0. The maximum atomic E-state index is 12.5. The van der Waals surface area contributed by atoms with Crippen LogP contribution in [0.3, 0.4) is 0 Å². The molecule has 3 rings (SSSR count). The van der Waals surface area contributed by atoms with Crippen LogP contribution in [0.4, 0.5) is 16.5 Å². The van der Waals surface area contributed by atoms with E-state index >= 15 is 0 Å². The van der Waals surface area contributed by atoms with Crippen LogP contribution in [-0.4, -0.2) is 27.1 Å². The van der Waals surface area contributed by atoms with Crippen LogP contribution in [0.1, 0.15) is 29.8 Å². The Morgan fingerprint density at radius 1 is 1.07 bits per heavy atom. The third-order valence-electron chi connectivity index (χ3n) is 3.86. The monoisotopic (exact) mass is 412 g/mol. The molecule has 0 aliphatic rings. The van der Waals surface area contributed by atoms with Crippen LogP contribution >= 0.6 is 23.1 Å². The maximum absolute atomic E-state index is 12.5. The highest BCUT2D eigenvalue weighted by Crippen LogP contribution is 2.31. The van der Waals surface area contributed by atoms with E-state index in [1.807, 2.05) is 38.1 Å². The summed E-state index contributed by atoms with van der Waals surface area (Å²) in [5.41, 5.74) is 3.27. The zero-order chi connectivity index (χ0) is 20.1. The summed E-state index contributed by atoms with van der Waals surface area (Å²) in [7, 11) is 0. The van der Waals surface area contributed by atoms with E-state index < -0.39 is 0 Å². The van der Waals surface area contributed by atoms with Crippen LogP contribution in [0.2, 0.25) is 0 Å². The first-order chi connectivity index (χ1) is 13.4. The number of carbonyl (C=O) groups is 2. The molecule has 0 bridgehead atoms. The van der Waals surface area contributed by atoms with Crippen LogP contribution in [-0.2, 0) is 4.79 Å². The number of hydrogen-bond donors (Lipinski definition) is 2. The lowest BCUT2D eigenvalue weighted by Crippen LogP contribution is -2.22. The molecule has 1 aromatic heterocycles. The van der Waals surface area contributed by atoms with Gasteiger partial charge in [-0.1, -0.05) is 47.4 Å². The molecule has 0 radical (unpaired) electrons. The first-order valence-electron chi connectivity index (χ1n) is 8.66. The van der Waals surface area contributed by atoms with Crippen molar-refractivity contribution in [3.05, 3.63) is 59.7 Å². The number of Topliss-reactive ketones (excluding diaryl/α,β-unsaturated/α-hetero) is 1. The first-order valence-corrected chi connectivity index (χ1v) is 10.4. The Bertz CT molecular complexity index is 1000. The Morgan fingerprint density at radius 3 is 2.57 bits per heavy atom. The number of thioether (sulfide) groups is 1. The van der Waals surface area contributed by atoms with Crippen molar-refractivity contribution < 1.29 is 9.59 Å². The second-order valence-electron chi connectivity index (χ2n) is 6.25. The lowest BCUT2D eigenvalue weighted by Gasteiger charge is -2.10. The predicted molar refractivity (Wildman–Crippen MR) is 115 cm³/mol. The lowest BCUT2D eigenvalue weighted by atomic mass is 10.1. The van der Waals surface area contributed by atoms with Gasteiger partial charge in [-0.25, -0.2) is 0 Å². The average molecular weight is 413 g/mol. The molecule has 8 heteroatoms. The van der Waals surface area contributed by atoms with Crippen molar-refractivity contribution in [3.8, 4) is 0 Å². The van der Waals surface area contributed by atoms with Crippen LogP contribution in [0, 0.1) is 6.92 Å². The van der Waals surface area contributed by atoms with E-state index in [-0.39, 0.29) is 16.9 Å². The fraction of sp³-hybridized carbons (Fsp3) is 0.200. The van der Waals surface area contributed by atoms with E-state index in [2.05, 4.69) is 20.8 Å². The SMILES string of the molecule is CC(=O)c1cccc(NC(=O)C(C)Sc2nnc(Nc3cccc(C)c3)s2)c1. The minimum Gasteiger partial charge on any atom is -0.330 e. The molecule has 2 N–H and O–H groups in total. The topological polar surface area (TPSA) is 84.0 Å². The number of carbonyl (C=O) groups excluding carboxylic acids is 2. The molecule has 1 unspecified atom stereocenters. The van der Waals surface area contributed by atoms with Gasteiger partial charge in [-0.05, 0) is 50.6 Å². The van der Waals surface area contributed by atoms with Crippen molar-refractivity contribution >= 4 is 51.3 Å². The standard InChI is InChI=1S/C20H20N4O2S2/c1-12-6-4-8-16(10-12)22-19-23-24-20(28-19)27-14(3)18(26)21-17-9-5-7-15(11-17)13(2)25/h4-11,14H,1-3H3,(H,21,26)(H,22,23). The third-order valence-corrected chi connectivity index (χ3v) is 5.88. The number of nitrogens with zero attached hydrogens (tertiary/aromatic N) is 2. The largest absolute Gasteiger partial charge is 0.330 e. The minimum atomic E-state index is -0.360. The molecule has 0 aliphatic heterocycles. The van der Waals surface area contributed by atoms with Gasteiger partial charge >= 0.3 is 0 Å². The summed E-state index contributed by atoms with van der Waals surface area (Å²) < 4.78 is 0.704. The highest BCUT2D eigenvalue weighted by molar-refractivity contribution is 8.02. The highest BCUT2D eigenvalue weighted by Gasteiger charge is 2.18. The van der Waals surface area contributed by atoms with Crippen molar-refractivity contribution in [2.24, 2.45) is 0 Å². The molecule has 0 saturated carbocycles. The molecule has 6 nitrogen and oxygen atoms in total. The number of aromatic nitrogens is 2. The number of rotatable bonds is 7. The third kappa shape index (κ3) is 5.40. The van der Waals surface area contributed by atoms with Gasteiger partial charge in [0, 0.05) is 16.9 Å². The van der Waals surface area contributed by atoms with Gasteiger partial charge < -0.3 is 10.6 Å². The van der Waals surface area contributed by atoms with E-state index in [0.717, 1.165) is 11.3 Å². The van der Waals surface area contributed by atoms with Crippen LogP contribution < -0.4 is 10.6 Å². The Labute approximate surface area is 171 Å². The van der Waals surface area contributed by atoms with Crippen molar-refractivity contribution in [2.45, 2.75) is 30.4 Å². The molecule has 28 heavy (non-hydrogen) atoms. The molecule has 2 aromatic carbocycles. The van der Waals surface area contributed by atoms with Crippen molar-refractivity contribution in [2.75, 3.05) is 10.6 Å². The summed E-state index contributed by atoms with van der Waals surface area (Å²) in [4.78, 5) is 23.9. The van der Waals surface area contributed by atoms with Crippen LogP contribution in [0.15, 0.2) is 52.9 Å². The van der Waals surface area contributed by atoms with E-state index in [4.69, 9.17) is 0 Å². The molecule has 1 amide bonds. The number of aryl methyl sites for hydroxylation is 1. The predicted octanol–water partition coefficient (Wildman–Crippen LogP) is 4.91. The smallest absolute Gasteiger partial charge is 0.237 e. The summed E-state index contributed by atoms with van der Waals surface area (Å²) >= 11 is 2.74. The molecule has 144 valence electrons. The maximum Gasteiger partial charge on any atom is 0.237 e. The van der Waals surface area contributed by atoms with Gasteiger partial charge in [-0.2, -0.15) is 0 Å². The normalized spacial score (nSPS) is 11.7. The number of ketones is 1. The summed E-state index contributed by atoms with van der Waals surface area (Å²) in [6.45, 7) is 5.33. The van der Waals surface area contributed by atoms with Gasteiger partial charge in [0.05, 0.1) is 5.25 Å². The molecule has 0 fully saturated rings. The van der Waals surface area contributed by atoms with Crippen LogP contribution in [0.25, 0.3) is 0 Å². The van der Waals surface area contributed by atoms with Gasteiger partial charge in [-0.15, -0.1) is 10.2 Å². The quantitative estimate of drug-likeness (QED) is 0.424. The Kier molecular flexibility index (Phi) is 6.43. The molecule has 3 aromatic rings. The zero-order valence-corrected chi connectivity index (χ0v) is 17.4. The van der Waals surface area contributed by atoms with E-state index in [1.54, 1.807) is 24.3 Å². The van der Waals surface area contributed by atoms with E-state index in [9.17, 15) is 9.59 Å². The van der Waals surface area contributed by atoms with Crippen molar-refractivity contribution in [3.63, 3.8) is 0 Å². The van der Waals surface area contributed by atoms with Crippen LogP contribution in [0.5, 0.6) is 0 Å². The number of anilines is 3. The summed E-state index contributed by atoms with van der Waals surface area (Å²) in [6, 6.07) is 14.9. The molecular weight excluding hydrogens is 392 g/mol. The molecule has 1 heterocycles. The second kappa shape index (κ2) is 8.99. The number of hydrogen-bond acceptors (Lipinski definition) is 7.